The normalized spacial score (nSPS) is 15.6. The molecule has 1 aromatic carbocycles. The Morgan fingerprint density at radius 1 is 1.00 bits per heavy atom. The molecule has 25 heavy (non-hydrogen) atoms. The third kappa shape index (κ3) is 12.8. The molecule has 0 spiro atoms. The van der Waals surface area contributed by atoms with E-state index in [1.807, 2.05) is 18.2 Å². The van der Waals surface area contributed by atoms with Crippen LogP contribution in [-0.2, 0) is 30.2 Å². The summed E-state index contributed by atoms with van der Waals surface area (Å²) in [5.74, 6) is 0.452. The summed E-state index contributed by atoms with van der Waals surface area (Å²) >= 11 is 0. The zero-order valence-corrected chi connectivity index (χ0v) is 18.1. The van der Waals surface area contributed by atoms with Gasteiger partial charge in [-0.1, -0.05) is 68.0 Å². The number of aromatic hydroxyl groups is 1. The molecule has 1 radical (unpaired) electrons. The summed E-state index contributed by atoms with van der Waals surface area (Å²) in [6, 6.07) is 7.67. The molecule has 0 saturated carbocycles. The molecular weight excluding hydrogens is 355 g/mol. The van der Waals surface area contributed by atoms with E-state index in [4.69, 9.17) is 0 Å². The Bertz CT molecular complexity index is 538. The van der Waals surface area contributed by atoms with Crippen molar-refractivity contribution in [2.75, 3.05) is 13.2 Å². The van der Waals surface area contributed by atoms with E-state index < -0.39 is 10.4 Å². The molecular formula is C17H28NaO6S. The van der Waals surface area contributed by atoms with E-state index in [9.17, 15) is 13.5 Å². The van der Waals surface area contributed by atoms with Gasteiger partial charge in [0.25, 0.3) is 0 Å². The quantitative estimate of drug-likeness (QED) is 0.420. The number of rotatable bonds is 8. The van der Waals surface area contributed by atoms with Crippen LogP contribution in [-0.4, -0.2) is 56.3 Å². The summed E-state index contributed by atoms with van der Waals surface area (Å²) in [5, 5.41) is 9.58. The summed E-state index contributed by atoms with van der Waals surface area (Å²) in [7, 11) is -3.80. The van der Waals surface area contributed by atoms with Crippen molar-refractivity contribution in [3.63, 3.8) is 0 Å². The van der Waals surface area contributed by atoms with Crippen molar-refractivity contribution >= 4 is 40.0 Å². The van der Waals surface area contributed by atoms with Gasteiger partial charge in [-0.15, -0.1) is 0 Å². The Morgan fingerprint density at radius 2 is 1.64 bits per heavy atom. The monoisotopic (exact) mass is 383 g/mol. The number of phenols is 1. The van der Waals surface area contributed by atoms with Gasteiger partial charge in [0.2, 0.25) is 0 Å². The number of phenolic OH excluding ortho intramolecular Hbond substituents is 1. The molecule has 0 atom stereocenters. The largest absolute Gasteiger partial charge is 0.508 e. The summed E-state index contributed by atoms with van der Waals surface area (Å²) in [6.07, 6.45) is 10.3. The van der Waals surface area contributed by atoms with Crippen LogP contribution in [0.15, 0.2) is 24.3 Å². The van der Waals surface area contributed by atoms with E-state index in [0.29, 0.717) is 5.75 Å². The first-order valence-corrected chi connectivity index (χ1v) is 9.86. The maximum absolute atomic E-state index is 10.1. The third-order valence-corrected chi connectivity index (χ3v) is 4.29. The van der Waals surface area contributed by atoms with Crippen LogP contribution in [0.1, 0.15) is 57.4 Å². The maximum atomic E-state index is 10.1. The van der Waals surface area contributed by atoms with Crippen molar-refractivity contribution in [3.05, 3.63) is 29.8 Å². The molecule has 0 aromatic heterocycles. The van der Waals surface area contributed by atoms with E-state index in [0.717, 1.165) is 12.0 Å². The van der Waals surface area contributed by atoms with Gasteiger partial charge in [0.05, 0.1) is 6.61 Å². The molecule has 0 unspecified atom stereocenters. The molecule has 8 heteroatoms. The van der Waals surface area contributed by atoms with Crippen molar-refractivity contribution in [3.8, 4) is 5.75 Å². The minimum atomic E-state index is -3.80. The van der Waals surface area contributed by atoms with Gasteiger partial charge in [0.1, 0.15) is 12.4 Å². The second-order valence-electron chi connectivity index (χ2n) is 5.62. The van der Waals surface area contributed by atoms with Crippen LogP contribution in [0.4, 0.5) is 0 Å². The SMILES string of the molecule is CCCCCCCCCc1ccccc1O.O=S1(=O)OCCOO1.[Na]. The molecule has 6 nitrogen and oxygen atoms in total. The molecule has 1 N–H and O–H groups in total. The molecule has 1 aliphatic rings. The first-order chi connectivity index (χ1) is 11.5. The van der Waals surface area contributed by atoms with E-state index in [1.165, 1.54) is 44.9 Å². The van der Waals surface area contributed by atoms with E-state index in [2.05, 4.69) is 20.3 Å². The zero-order valence-electron chi connectivity index (χ0n) is 15.3. The molecule has 0 bridgehead atoms. The Balaban J connectivity index is 0.000000540. The molecule has 0 amide bonds. The predicted octanol–water partition coefficient (Wildman–Crippen LogP) is 3.51. The number of benzene rings is 1. The topological polar surface area (TPSA) is 82.1 Å². The second kappa shape index (κ2) is 15.0. The smallest absolute Gasteiger partial charge is 0.426 e. The van der Waals surface area contributed by atoms with Gasteiger partial charge in [-0.2, -0.15) is 8.42 Å². The average Bonchev–Trinajstić information content (AvgIpc) is 2.56. The second-order valence-corrected chi connectivity index (χ2v) is 6.81. The van der Waals surface area contributed by atoms with Gasteiger partial charge >= 0.3 is 10.4 Å². The van der Waals surface area contributed by atoms with Gasteiger partial charge in [-0.25, -0.2) is 9.07 Å². The van der Waals surface area contributed by atoms with Crippen LogP contribution >= 0.6 is 0 Å². The number of aryl methyl sites for hydroxylation is 1. The van der Waals surface area contributed by atoms with Crippen molar-refractivity contribution < 1.29 is 26.9 Å². The van der Waals surface area contributed by atoms with E-state index in [1.54, 1.807) is 6.07 Å². The van der Waals surface area contributed by atoms with Crippen LogP contribution in [0.2, 0.25) is 0 Å². The minimum Gasteiger partial charge on any atom is -0.508 e. The Kier molecular flexibility index (Phi) is 14.9. The van der Waals surface area contributed by atoms with Gasteiger partial charge in [0.15, 0.2) is 0 Å². The fourth-order valence-corrected chi connectivity index (χ4v) is 2.77. The summed E-state index contributed by atoms with van der Waals surface area (Å²) in [4.78, 5) is 4.07. The van der Waals surface area contributed by atoms with Gasteiger partial charge < -0.3 is 5.11 Å². The molecule has 1 aromatic rings. The summed E-state index contributed by atoms with van der Waals surface area (Å²) in [6.45, 7) is 2.43. The minimum absolute atomic E-state index is 0. The van der Waals surface area contributed by atoms with Crippen LogP contribution in [0, 0.1) is 0 Å². The summed E-state index contributed by atoms with van der Waals surface area (Å²) in [5.41, 5.74) is 1.09. The van der Waals surface area contributed by atoms with E-state index >= 15 is 0 Å². The molecule has 2 rings (SSSR count). The molecule has 139 valence electrons. The van der Waals surface area contributed by atoms with Crippen LogP contribution < -0.4 is 0 Å². The fourth-order valence-electron chi connectivity index (χ4n) is 2.28. The standard InChI is InChI=1S/C15H24O.C2H4O5S.Na/c1-2-3-4-5-6-7-8-11-14-12-9-10-13-15(14)16;3-8(4)6-2-1-5-7-8;/h9-10,12-13,16H,2-8,11H2,1H3;1-2H2;. The maximum Gasteiger partial charge on any atom is 0.426 e. The fraction of sp³-hybridized carbons (Fsp3) is 0.647. The van der Waals surface area contributed by atoms with Crippen molar-refractivity contribution in [1.29, 1.82) is 0 Å². The molecule has 1 aliphatic heterocycles. The Labute approximate surface area is 173 Å². The van der Waals surface area contributed by atoms with Crippen molar-refractivity contribution in [2.24, 2.45) is 0 Å². The first kappa shape index (κ1) is 24.8. The van der Waals surface area contributed by atoms with E-state index in [-0.39, 0.29) is 42.8 Å². The van der Waals surface area contributed by atoms with Crippen LogP contribution in [0.25, 0.3) is 0 Å². The van der Waals surface area contributed by atoms with Crippen molar-refractivity contribution in [1.82, 2.24) is 0 Å². The zero-order chi connectivity index (χ0) is 17.7. The van der Waals surface area contributed by atoms with Crippen LogP contribution in [0.5, 0.6) is 5.75 Å². The molecule has 1 fully saturated rings. The van der Waals surface area contributed by atoms with Gasteiger partial charge in [-0.3, -0.25) is 0 Å². The Hall–Kier alpha value is -0.150. The molecule has 1 saturated heterocycles. The average molecular weight is 383 g/mol. The van der Waals surface area contributed by atoms with Crippen LogP contribution in [0.3, 0.4) is 0 Å². The number of hydrogen-bond acceptors (Lipinski definition) is 6. The summed E-state index contributed by atoms with van der Waals surface area (Å²) < 4.78 is 28.0. The number of hydrogen-bond donors (Lipinski definition) is 1. The van der Waals surface area contributed by atoms with Gasteiger partial charge in [0, 0.05) is 29.6 Å². The van der Waals surface area contributed by atoms with Crippen molar-refractivity contribution in [2.45, 2.75) is 58.3 Å². The Morgan fingerprint density at radius 3 is 2.16 bits per heavy atom. The third-order valence-electron chi connectivity index (χ3n) is 3.57. The number of para-hydroxylation sites is 1. The first-order valence-electron chi connectivity index (χ1n) is 8.52. The van der Waals surface area contributed by atoms with Gasteiger partial charge in [-0.05, 0) is 24.5 Å². The molecule has 1 heterocycles. The number of unbranched alkanes of at least 4 members (excludes halogenated alkanes) is 6. The molecule has 0 aliphatic carbocycles. The predicted molar refractivity (Wildman–Crippen MR) is 97.5 cm³/mol.